The molecule has 0 heterocycles. The van der Waals surface area contributed by atoms with E-state index >= 15 is 0 Å². The van der Waals surface area contributed by atoms with Gasteiger partial charge in [0.1, 0.15) is 5.75 Å². The number of benzene rings is 1. The van der Waals surface area contributed by atoms with Gasteiger partial charge in [0.2, 0.25) is 0 Å². The lowest BCUT2D eigenvalue weighted by molar-refractivity contribution is 0.284. The molecule has 0 aliphatic rings. The van der Waals surface area contributed by atoms with Crippen molar-refractivity contribution in [3.8, 4) is 5.75 Å². The van der Waals surface area contributed by atoms with Crippen molar-refractivity contribution in [1.82, 2.24) is 5.32 Å². The van der Waals surface area contributed by atoms with Gasteiger partial charge in [-0.05, 0) is 24.6 Å². The molecule has 0 radical (unpaired) electrons. The van der Waals surface area contributed by atoms with Crippen molar-refractivity contribution in [3.05, 3.63) is 24.3 Å². The second kappa shape index (κ2) is 6.10. The van der Waals surface area contributed by atoms with E-state index < -0.39 is 0 Å². The molecular formula is C15H26N2O. The second-order valence-corrected chi connectivity index (χ2v) is 5.76. The van der Waals surface area contributed by atoms with Crippen molar-refractivity contribution < 1.29 is 4.74 Å². The monoisotopic (exact) mass is 250 g/mol. The average molecular weight is 250 g/mol. The lowest BCUT2D eigenvalue weighted by atomic mass is 9.86. The van der Waals surface area contributed by atoms with Crippen molar-refractivity contribution in [1.29, 1.82) is 0 Å². The van der Waals surface area contributed by atoms with E-state index in [2.05, 4.69) is 44.1 Å². The molecule has 1 N–H and O–H groups in total. The molecule has 0 bridgehead atoms. The summed E-state index contributed by atoms with van der Waals surface area (Å²) < 4.78 is 5.41. The summed E-state index contributed by atoms with van der Waals surface area (Å²) in [6.07, 6.45) is 0. The summed E-state index contributed by atoms with van der Waals surface area (Å²) >= 11 is 0. The summed E-state index contributed by atoms with van der Waals surface area (Å²) in [7, 11) is 5.84. The van der Waals surface area contributed by atoms with Crippen LogP contribution < -0.4 is 15.0 Å². The molecule has 18 heavy (non-hydrogen) atoms. The minimum atomic E-state index is 0.227. The summed E-state index contributed by atoms with van der Waals surface area (Å²) in [6, 6.07) is 8.55. The van der Waals surface area contributed by atoms with Gasteiger partial charge < -0.3 is 15.0 Å². The number of methoxy groups -OCH3 is 1. The molecule has 3 heteroatoms. The molecule has 0 aromatic heterocycles. The highest BCUT2D eigenvalue weighted by molar-refractivity contribution is 5.57. The van der Waals surface area contributed by atoms with Gasteiger partial charge in [-0.2, -0.15) is 0 Å². The first-order valence-electron chi connectivity index (χ1n) is 6.41. The minimum absolute atomic E-state index is 0.227. The van der Waals surface area contributed by atoms with Gasteiger partial charge in [0.25, 0.3) is 0 Å². The first-order chi connectivity index (χ1) is 8.40. The van der Waals surface area contributed by atoms with Crippen LogP contribution in [0, 0.1) is 5.41 Å². The number of anilines is 1. The molecule has 0 spiro atoms. The van der Waals surface area contributed by atoms with Crippen LogP contribution in [0.2, 0.25) is 0 Å². The first-order valence-corrected chi connectivity index (χ1v) is 6.41. The normalized spacial score (nSPS) is 13.2. The van der Waals surface area contributed by atoms with Gasteiger partial charge in [-0.1, -0.05) is 32.9 Å². The summed E-state index contributed by atoms with van der Waals surface area (Å²) in [5.74, 6) is 0.920. The molecule has 3 nitrogen and oxygen atoms in total. The van der Waals surface area contributed by atoms with E-state index in [-0.39, 0.29) is 5.41 Å². The lowest BCUT2D eigenvalue weighted by Crippen LogP contribution is -2.46. The number of likely N-dealkylation sites (N-methyl/N-ethyl adjacent to an activating group) is 2. The van der Waals surface area contributed by atoms with Gasteiger partial charge in [-0.25, -0.2) is 0 Å². The number of nitrogens with zero attached hydrogens (tertiary/aromatic N) is 1. The number of nitrogens with one attached hydrogen (secondary N) is 1. The van der Waals surface area contributed by atoms with Crippen LogP contribution in [0.15, 0.2) is 24.3 Å². The molecule has 1 aromatic rings. The molecule has 0 saturated heterocycles. The third-order valence-corrected chi connectivity index (χ3v) is 3.35. The van der Waals surface area contributed by atoms with Crippen LogP contribution in [-0.4, -0.2) is 33.8 Å². The van der Waals surface area contributed by atoms with Gasteiger partial charge in [0, 0.05) is 19.6 Å². The molecule has 0 amide bonds. The maximum atomic E-state index is 5.41. The first kappa shape index (κ1) is 14.8. The molecule has 0 saturated carbocycles. The Morgan fingerprint density at radius 3 is 2.39 bits per heavy atom. The molecular weight excluding hydrogens is 224 g/mol. The number of hydrogen-bond donors (Lipinski definition) is 1. The van der Waals surface area contributed by atoms with Gasteiger partial charge in [0.15, 0.2) is 0 Å². The zero-order valence-corrected chi connectivity index (χ0v) is 12.4. The van der Waals surface area contributed by atoms with Crippen molar-refractivity contribution >= 4 is 5.69 Å². The molecule has 102 valence electrons. The molecule has 1 atom stereocenters. The third kappa shape index (κ3) is 3.64. The van der Waals surface area contributed by atoms with Gasteiger partial charge in [0.05, 0.1) is 12.8 Å². The van der Waals surface area contributed by atoms with E-state index in [4.69, 9.17) is 4.74 Å². The fourth-order valence-electron chi connectivity index (χ4n) is 2.12. The van der Waals surface area contributed by atoms with Crippen LogP contribution in [0.1, 0.15) is 20.8 Å². The lowest BCUT2D eigenvalue weighted by Gasteiger charge is -2.35. The number of ether oxygens (including phenoxy) is 1. The van der Waals surface area contributed by atoms with E-state index in [1.165, 1.54) is 0 Å². The van der Waals surface area contributed by atoms with Gasteiger partial charge >= 0.3 is 0 Å². The Morgan fingerprint density at radius 1 is 1.28 bits per heavy atom. The van der Waals surface area contributed by atoms with Crippen molar-refractivity contribution in [3.63, 3.8) is 0 Å². The number of para-hydroxylation sites is 2. The summed E-state index contributed by atoms with van der Waals surface area (Å²) in [5.41, 5.74) is 1.36. The average Bonchev–Trinajstić information content (AvgIpc) is 2.34. The van der Waals surface area contributed by atoms with Crippen molar-refractivity contribution in [2.75, 3.05) is 32.6 Å². The van der Waals surface area contributed by atoms with E-state index in [1.807, 2.05) is 25.2 Å². The molecule has 0 aliphatic carbocycles. The van der Waals surface area contributed by atoms with Crippen LogP contribution in [0.5, 0.6) is 5.75 Å². The van der Waals surface area contributed by atoms with E-state index in [9.17, 15) is 0 Å². The smallest absolute Gasteiger partial charge is 0.142 e. The van der Waals surface area contributed by atoms with E-state index in [0.717, 1.165) is 18.0 Å². The topological polar surface area (TPSA) is 24.5 Å². The highest BCUT2D eigenvalue weighted by atomic mass is 16.5. The van der Waals surface area contributed by atoms with Gasteiger partial charge in [-0.15, -0.1) is 0 Å². The van der Waals surface area contributed by atoms with Gasteiger partial charge in [-0.3, -0.25) is 0 Å². The molecule has 1 aromatic carbocycles. The Bertz CT molecular complexity index is 371. The molecule has 1 unspecified atom stereocenters. The highest BCUT2D eigenvalue weighted by Crippen LogP contribution is 2.28. The number of rotatable bonds is 5. The zero-order valence-electron chi connectivity index (χ0n) is 12.4. The summed E-state index contributed by atoms with van der Waals surface area (Å²) in [6.45, 7) is 7.71. The SMILES string of the molecule is CNC(CN(C)c1ccccc1OC)C(C)(C)C. The van der Waals surface area contributed by atoms with Crippen LogP contribution >= 0.6 is 0 Å². The standard InChI is InChI=1S/C15H26N2O/c1-15(2,3)14(16-4)11-17(5)12-9-7-8-10-13(12)18-6/h7-10,14,16H,11H2,1-6H3. The molecule has 0 aliphatic heterocycles. The Balaban J connectivity index is 2.84. The Morgan fingerprint density at radius 2 is 1.89 bits per heavy atom. The van der Waals surface area contributed by atoms with Crippen LogP contribution in [0.4, 0.5) is 5.69 Å². The fourth-order valence-corrected chi connectivity index (χ4v) is 2.12. The van der Waals surface area contributed by atoms with E-state index in [0.29, 0.717) is 6.04 Å². The second-order valence-electron chi connectivity index (χ2n) is 5.76. The Hall–Kier alpha value is -1.22. The molecule has 1 rings (SSSR count). The van der Waals surface area contributed by atoms with Crippen LogP contribution in [-0.2, 0) is 0 Å². The maximum absolute atomic E-state index is 5.41. The quantitative estimate of drug-likeness (QED) is 0.869. The van der Waals surface area contributed by atoms with Crippen molar-refractivity contribution in [2.24, 2.45) is 5.41 Å². The Labute approximate surface area is 111 Å². The van der Waals surface area contributed by atoms with Crippen LogP contribution in [0.3, 0.4) is 0 Å². The zero-order chi connectivity index (χ0) is 13.8. The fraction of sp³-hybridized carbons (Fsp3) is 0.600. The largest absolute Gasteiger partial charge is 0.495 e. The Kier molecular flexibility index (Phi) is 5.03. The number of hydrogen-bond acceptors (Lipinski definition) is 3. The maximum Gasteiger partial charge on any atom is 0.142 e. The van der Waals surface area contributed by atoms with E-state index in [1.54, 1.807) is 7.11 Å². The van der Waals surface area contributed by atoms with Crippen LogP contribution in [0.25, 0.3) is 0 Å². The summed E-state index contributed by atoms with van der Waals surface area (Å²) in [5, 5.41) is 3.40. The van der Waals surface area contributed by atoms with Crippen molar-refractivity contribution in [2.45, 2.75) is 26.8 Å². The minimum Gasteiger partial charge on any atom is -0.495 e. The highest BCUT2D eigenvalue weighted by Gasteiger charge is 2.24. The predicted octanol–water partition coefficient (Wildman–Crippen LogP) is 2.77. The summed E-state index contributed by atoms with van der Waals surface area (Å²) in [4.78, 5) is 2.24. The molecule has 0 fully saturated rings. The predicted molar refractivity (Wildman–Crippen MR) is 78.6 cm³/mol. The third-order valence-electron chi connectivity index (χ3n) is 3.35.